The van der Waals surface area contributed by atoms with Gasteiger partial charge in [-0.3, -0.25) is 67.3 Å². The molecule has 38 heteroatoms. The average molecular weight is 1890 g/mol. The zero-order chi connectivity index (χ0) is 95.8. The molecule has 36 nitrogen and oxygen atoms in total. The molecule has 5 aliphatic rings. The number of carbonyl (C=O) groups excluding carboxylic acids is 11. The highest BCUT2D eigenvalue weighted by Gasteiger charge is 2.46. The minimum absolute atomic E-state index is 0.00803. The van der Waals surface area contributed by atoms with Crippen LogP contribution in [0.4, 0.5) is 16.4 Å². The van der Waals surface area contributed by atoms with Gasteiger partial charge >= 0.3 is 12.0 Å². The second-order valence-corrected chi connectivity index (χ2v) is 35.9. The molecule has 0 radical (unpaired) electrons. The Kier molecular flexibility index (Phi) is 33.7. The van der Waals surface area contributed by atoms with Crippen LogP contribution in [-0.2, 0) is 90.8 Å². The maximum Gasteiger partial charge on any atom is 0.332 e. The molecule has 6 aromatic carbocycles. The number of hydrogen-bond donors (Lipinski definition) is 10. The first-order chi connectivity index (χ1) is 65.8. The predicted octanol–water partition coefficient (Wildman–Crippen LogP) is 6.33. The van der Waals surface area contributed by atoms with E-state index in [4.69, 9.17) is 39.4 Å². The third kappa shape index (κ3) is 25.7. The number of urea groups is 1. The number of fused-ring (bicyclic) bond motifs is 2. The van der Waals surface area contributed by atoms with E-state index < -0.39 is 128 Å². The second kappa shape index (κ2) is 46.5. The van der Waals surface area contributed by atoms with E-state index in [1.165, 1.54) is 40.4 Å². The maximum atomic E-state index is 14.1. The number of ether oxygens (including phenoxy) is 5. The number of aryl methyl sites for hydroxylation is 1. The molecule has 0 unspecified atom stereocenters. The molecule has 4 aliphatic heterocycles. The molecule has 3 saturated heterocycles. The molecule has 1 saturated carbocycles. The van der Waals surface area contributed by atoms with E-state index in [-0.39, 0.29) is 95.4 Å². The number of carbonyl (C=O) groups is 12. The number of carboxylic acids is 1. The zero-order valence-corrected chi connectivity index (χ0v) is 77.3. The number of piperidine rings is 2. The maximum absolute atomic E-state index is 14.1. The number of primary amides is 1. The Bertz CT molecular complexity index is 5960. The molecular weight excluding hydrogens is 1780 g/mol. The molecule has 0 spiro atoms. The molecule has 7 heterocycles. The first kappa shape index (κ1) is 98.3. The van der Waals surface area contributed by atoms with E-state index in [9.17, 15) is 67.4 Å². The third-order valence-electron chi connectivity index (χ3n) is 24.1. The SMILES string of the molecule is COc1ccc(C#CCNC2(C)CCN(C3CCN(c4nc([C@@](COCNC(=O)CNC(=O)[C@H](Cc5ccccc5)NC(=O)CNC(=O)CNC(=O)CCOCCOCCN5C(=O)C(Sc6ccccc6)=C(Sc6ccccc6)C5=O)(OC5CC5)c5ccccc5)c5cc(-c6cn(C)c(=O)c7[nH]ccc67)ccc5n4)CC3)CC2)cc1N1CCC(=O)N(CNC(=O)[C@@H](CC(N)=O)CC(=O)O)C1=O. The molecule has 11 N–H and O–H groups in total. The van der Waals surface area contributed by atoms with E-state index in [2.05, 4.69) is 70.8 Å². The topological polar surface area (TPSA) is 461 Å². The van der Waals surface area contributed by atoms with Gasteiger partial charge in [0.15, 0.2) is 5.60 Å². The molecular formula is C98H109N17O19S2. The van der Waals surface area contributed by atoms with Gasteiger partial charge in [-0.2, -0.15) is 0 Å². The summed E-state index contributed by atoms with van der Waals surface area (Å²) in [5.41, 5.74) is 8.92. The summed E-state index contributed by atoms with van der Waals surface area (Å²) >= 11 is 2.48. The number of aromatic nitrogens is 4. The van der Waals surface area contributed by atoms with Crippen molar-refractivity contribution in [2.24, 2.45) is 18.7 Å². The van der Waals surface area contributed by atoms with Gasteiger partial charge in [-0.05, 0) is 123 Å². The first-order valence-electron chi connectivity index (χ1n) is 45.0. The van der Waals surface area contributed by atoms with Crippen molar-refractivity contribution in [1.82, 2.24) is 71.4 Å². The Hall–Kier alpha value is -13.7. The smallest absolute Gasteiger partial charge is 0.332 e. The van der Waals surface area contributed by atoms with E-state index in [0.717, 1.165) is 88.4 Å². The van der Waals surface area contributed by atoms with Crippen molar-refractivity contribution in [2.75, 3.05) is 129 Å². The number of aliphatic carboxylic acids is 1. The standard InChI is InChI=1S/C98H109N17O19S2/c1-97(106-39-16-19-64-26-31-78(130-3)77(52-64)113-43-35-84(121)115(96(113)129)61-104-90(124)66(54-79(99)116)55-85(122)123)37-44-111(45-38-97)68-33-41-112(42-34-68)95-108-75-30-27-65(74-59-110(2)92(126)86-72(74)32-40-100-86)53-73(75)89(109-95)98(134-69-28-29-69,67-20-10-5-11-21-67)60-133-62-105-82(119)57-103-91(125)76(51-63-17-8-4-9-18-63)107-83(120)58-102-81(118)56-101-80(117)36-47-131-49-50-132-48-46-114-93(127)87(135-70-22-12-6-13-23-70)88(94(114)128)136-71-24-14-7-15-25-71/h4-15,17-18,20-27,30-32,40,52-53,59,66,68-69,76,100,106H,28-29,33-39,41-51,54-58,60-62H2,1-3H3,(H2,99,116)(H,101,117)(H,102,118)(H,103,125)(H,104,124)(H,105,119)(H,107,120)(H,122,123)/t66-,76-,98-/m0/s1. The van der Waals surface area contributed by atoms with Gasteiger partial charge in [0.1, 0.15) is 30.7 Å². The quantitative estimate of drug-likeness (QED) is 0.00862. The molecule has 4 fully saturated rings. The van der Waals surface area contributed by atoms with Crippen LogP contribution in [0.15, 0.2) is 201 Å². The molecule has 712 valence electrons. The number of imide groups is 2. The van der Waals surface area contributed by atoms with Crippen molar-refractivity contribution in [2.45, 2.75) is 117 Å². The zero-order valence-electron chi connectivity index (χ0n) is 75.6. The number of hydrogen-bond acceptors (Lipinski definition) is 25. The van der Waals surface area contributed by atoms with E-state index in [0.29, 0.717) is 80.1 Å². The Balaban J connectivity index is 0.565. The van der Waals surface area contributed by atoms with Crippen LogP contribution in [0.3, 0.4) is 0 Å². The highest BCUT2D eigenvalue weighted by Crippen LogP contribution is 2.46. The number of likely N-dealkylation sites (tertiary alicyclic amines) is 1. The fourth-order valence-electron chi connectivity index (χ4n) is 16.6. The van der Waals surface area contributed by atoms with E-state index >= 15 is 0 Å². The van der Waals surface area contributed by atoms with E-state index in [1.54, 1.807) is 66.3 Å². The number of H-pyrrole nitrogens is 1. The summed E-state index contributed by atoms with van der Waals surface area (Å²) in [5.74, 6) is -1.67. The van der Waals surface area contributed by atoms with Crippen LogP contribution in [0.1, 0.15) is 93.5 Å². The number of rotatable bonds is 45. The number of thioether (sulfide) groups is 2. The van der Waals surface area contributed by atoms with Crippen molar-refractivity contribution in [3.8, 4) is 28.7 Å². The Morgan fingerprint density at radius 1 is 0.662 bits per heavy atom. The summed E-state index contributed by atoms with van der Waals surface area (Å²) < 4.78 is 32.4. The minimum Gasteiger partial charge on any atom is -0.495 e. The predicted molar refractivity (Wildman–Crippen MR) is 507 cm³/mol. The summed E-state index contributed by atoms with van der Waals surface area (Å²) in [6, 6.07) is 48.5. The van der Waals surface area contributed by atoms with Crippen molar-refractivity contribution >= 4 is 128 Å². The lowest BCUT2D eigenvalue weighted by molar-refractivity contribution is -0.142. The number of amides is 12. The first-order valence-corrected chi connectivity index (χ1v) is 46.7. The minimum atomic E-state index is -1.43. The van der Waals surface area contributed by atoms with Gasteiger partial charge in [-0.25, -0.2) is 19.7 Å². The highest BCUT2D eigenvalue weighted by molar-refractivity contribution is 8.08. The molecule has 1 aliphatic carbocycles. The summed E-state index contributed by atoms with van der Waals surface area (Å²) in [6.07, 6.45) is 6.83. The number of nitrogens with zero attached hydrogens (tertiary/aromatic N) is 8. The second-order valence-electron chi connectivity index (χ2n) is 33.8. The molecule has 9 aromatic rings. The van der Waals surface area contributed by atoms with Gasteiger partial charge in [0.05, 0.1) is 118 Å². The van der Waals surface area contributed by atoms with Crippen molar-refractivity contribution in [1.29, 1.82) is 0 Å². The number of pyridine rings is 1. The van der Waals surface area contributed by atoms with Gasteiger partial charge in [0, 0.05) is 121 Å². The lowest BCUT2D eigenvalue weighted by Crippen LogP contribution is -2.56. The van der Waals surface area contributed by atoms with Crippen LogP contribution in [-0.4, -0.2) is 253 Å². The van der Waals surface area contributed by atoms with E-state index in [1.807, 2.05) is 121 Å². The van der Waals surface area contributed by atoms with Crippen molar-refractivity contribution in [3.63, 3.8) is 0 Å². The number of carboxylic acid groups (broad SMARTS) is 1. The lowest BCUT2D eigenvalue weighted by atomic mass is 9.87. The van der Waals surface area contributed by atoms with Gasteiger partial charge in [-0.15, -0.1) is 0 Å². The van der Waals surface area contributed by atoms with Gasteiger partial charge < -0.3 is 91.1 Å². The monoisotopic (exact) mass is 1890 g/mol. The normalized spacial score (nSPS) is 16.1. The molecule has 3 atom stereocenters. The van der Waals surface area contributed by atoms with Crippen LogP contribution >= 0.6 is 23.5 Å². The largest absolute Gasteiger partial charge is 0.495 e. The van der Waals surface area contributed by atoms with Gasteiger partial charge in [0.25, 0.3) is 17.4 Å². The molecule has 3 aromatic heterocycles. The van der Waals surface area contributed by atoms with Crippen LogP contribution in [0.2, 0.25) is 0 Å². The van der Waals surface area contributed by atoms with Crippen LogP contribution in [0.25, 0.3) is 32.9 Å². The number of nitrogens with one attached hydrogen (secondary N) is 8. The molecule has 136 heavy (non-hydrogen) atoms. The summed E-state index contributed by atoms with van der Waals surface area (Å²) in [4.78, 5) is 195. The van der Waals surface area contributed by atoms with Crippen LogP contribution in [0, 0.1) is 17.8 Å². The number of benzene rings is 6. The average Bonchev–Trinajstić information content (AvgIpc) is 1.20. The Morgan fingerprint density at radius 2 is 1.31 bits per heavy atom. The molecule has 14 rings (SSSR count). The van der Waals surface area contributed by atoms with Gasteiger partial charge in [0.2, 0.25) is 53.2 Å². The molecule has 12 amide bonds. The number of anilines is 2. The summed E-state index contributed by atoms with van der Waals surface area (Å²) in [7, 11) is 3.16. The highest BCUT2D eigenvalue weighted by atomic mass is 32.2. The summed E-state index contributed by atoms with van der Waals surface area (Å²) in [6.45, 7) is 3.20. The van der Waals surface area contributed by atoms with Crippen molar-refractivity contribution < 1.29 is 86.3 Å². The van der Waals surface area contributed by atoms with Crippen LogP contribution < -0.4 is 63.0 Å². The number of aromatic amines is 1. The number of nitrogens with two attached hydrogens (primary N) is 1. The van der Waals surface area contributed by atoms with Crippen LogP contribution in [0.5, 0.6) is 5.75 Å². The number of methoxy groups -OCH3 is 1. The molecule has 0 bridgehead atoms. The fraction of sp³-hybridized carbons (Fsp3) is 0.378. The Morgan fingerprint density at radius 3 is 1.98 bits per heavy atom. The summed E-state index contributed by atoms with van der Waals surface area (Å²) in [5, 5.41) is 29.9. The fourth-order valence-corrected chi connectivity index (χ4v) is 18.6. The third-order valence-corrected chi connectivity index (χ3v) is 26.4. The van der Waals surface area contributed by atoms with Gasteiger partial charge in [-0.1, -0.05) is 138 Å². The Labute approximate surface area is 793 Å². The van der Waals surface area contributed by atoms with Crippen molar-refractivity contribution in [3.05, 3.63) is 219 Å². The lowest BCUT2D eigenvalue weighted by Gasteiger charge is -2.45.